The quantitative estimate of drug-likeness (QED) is 0.694. The number of rotatable bonds is 6. The summed E-state index contributed by atoms with van der Waals surface area (Å²) in [5.41, 5.74) is 0.708. The highest BCUT2D eigenvalue weighted by Gasteiger charge is 2.16. The zero-order chi connectivity index (χ0) is 19.4. The molecule has 0 aliphatic rings. The Morgan fingerprint density at radius 1 is 1.11 bits per heavy atom. The van der Waals surface area contributed by atoms with Crippen molar-refractivity contribution in [2.75, 3.05) is 26.1 Å². The monoisotopic (exact) mass is 368 g/mol. The van der Waals surface area contributed by atoms with Gasteiger partial charge in [0.05, 0.1) is 26.5 Å². The third-order valence-corrected chi connectivity index (χ3v) is 3.96. The molecule has 0 bridgehead atoms. The first-order valence-corrected chi connectivity index (χ1v) is 8.35. The van der Waals surface area contributed by atoms with Gasteiger partial charge in [-0.1, -0.05) is 12.1 Å². The van der Waals surface area contributed by atoms with E-state index in [2.05, 4.69) is 5.32 Å². The van der Waals surface area contributed by atoms with Crippen molar-refractivity contribution in [3.05, 3.63) is 53.6 Å². The van der Waals surface area contributed by atoms with E-state index in [0.717, 1.165) is 0 Å². The van der Waals surface area contributed by atoms with Crippen LogP contribution in [-0.2, 0) is 0 Å². The zero-order valence-electron chi connectivity index (χ0n) is 15.3. The van der Waals surface area contributed by atoms with Gasteiger partial charge in [-0.15, -0.1) is 0 Å². The van der Waals surface area contributed by atoms with Crippen LogP contribution in [0.2, 0.25) is 0 Å². The number of nitrogens with one attached hydrogen (secondary N) is 2. The summed E-state index contributed by atoms with van der Waals surface area (Å²) in [4.78, 5) is 12.7. The lowest BCUT2D eigenvalue weighted by molar-refractivity contribution is 0.102. The molecule has 0 atom stereocenters. The Kier molecular flexibility index (Phi) is 5.30. The molecule has 1 amide bonds. The van der Waals surface area contributed by atoms with Gasteiger partial charge in [0.2, 0.25) is 5.55 Å². The van der Waals surface area contributed by atoms with Gasteiger partial charge in [0.25, 0.3) is 5.91 Å². The lowest BCUT2D eigenvalue weighted by Gasteiger charge is -2.12. The number of carbonyl (C=O) groups excluding carboxylic acids is 1. The summed E-state index contributed by atoms with van der Waals surface area (Å²) >= 11 is 0. The summed E-state index contributed by atoms with van der Waals surface area (Å²) in [6.07, 6.45) is 0. The number of hydrogen-bond donors (Lipinski definition) is 2. The number of anilines is 1. The summed E-state index contributed by atoms with van der Waals surface area (Å²) < 4.78 is 21.5. The fourth-order valence-corrected chi connectivity index (χ4v) is 2.67. The second-order valence-electron chi connectivity index (χ2n) is 5.62. The summed E-state index contributed by atoms with van der Waals surface area (Å²) in [5, 5.41) is 11.5. The van der Waals surface area contributed by atoms with Crippen LogP contribution in [0.4, 0.5) is 5.69 Å². The molecule has 140 valence electrons. The van der Waals surface area contributed by atoms with Gasteiger partial charge < -0.3 is 23.9 Å². The highest BCUT2D eigenvalue weighted by Crippen LogP contribution is 2.30. The van der Waals surface area contributed by atoms with Crippen LogP contribution in [0.3, 0.4) is 0 Å². The molecule has 1 aromatic heterocycles. The van der Waals surface area contributed by atoms with Crippen molar-refractivity contribution in [2.24, 2.45) is 0 Å². The van der Waals surface area contributed by atoms with E-state index in [-0.39, 0.29) is 11.1 Å². The van der Waals surface area contributed by atoms with E-state index in [1.54, 1.807) is 42.5 Å². The first-order valence-electron chi connectivity index (χ1n) is 8.35. The Bertz CT molecular complexity index is 1040. The van der Waals surface area contributed by atoms with Crippen molar-refractivity contribution in [1.29, 1.82) is 5.41 Å². The van der Waals surface area contributed by atoms with Gasteiger partial charge in [0, 0.05) is 11.5 Å². The summed E-state index contributed by atoms with van der Waals surface area (Å²) in [5.74, 6) is 1.10. The Labute approximate surface area is 156 Å². The third-order valence-electron chi connectivity index (χ3n) is 3.96. The van der Waals surface area contributed by atoms with E-state index >= 15 is 0 Å². The van der Waals surface area contributed by atoms with Gasteiger partial charge in [0.1, 0.15) is 17.1 Å². The minimum atomic E-state index is -0.487. The van der Waals surface area contributed by atoms with Crippen molar-refractivity contribution in [1.82, 2.24) is 0 Å². The van der Waals surface area contributed by atoms with E-state index < -0.39 is 5.91 Å². The molecule has 0 unspecified atom stereocenters. The SMILES string of the molecule is CCOc1cccc2cc(C(=O)Nc3cc(OC)ccc3OC)c(=N)oc12. The molecule has 0 aliphatic heterocycles. The number of hydrogen-bond acceptors (Lipinski definition) is 6. The average Bonchev–Trinajstić information content (AvgIpc) is 2.68. The number of fused-ring (bicyclic) bond motifs is 1. The molecule has 3 aromatic rings. The molecule has 7 heteroatoms. The zero-order valence-corrected chi connectivity index (χ0v) is 15.3. The van der Waals surface area contributed by atoms with Gasteiger partial charge >= 0.3 is 0 Å². The fraction of sp³-hybridized carbons (Fsp3) is 0.200. The molecule has 0 aliphatic carbocycles. The topological polar surface area (TPSA) is 93.8 Å². The van der Waals surface area contributed by atoms with Gasteiger partial charge in [-0.2, -0.15) is 0 Å². The lowest BCUT2D eigenvalue weighted by atomic mass is 10.1. The molecule has 7 nitrogen and oxygen atoms in total. The highest BCUT2D eigenvalue weighted by molar-refractivity contribution is 6.06. The van der Waals surface area contributed by atoms with Crippen molar-refractivity contribution in [2.45, 2.75) is 6.92 Å². The van der Waals surface area contributed by atoms with Crippen LogP contribution >= 0.6 is 0 Å². The number of benzene rings is 2. The molecular formula is C20H20N2O5. The second kappa shape index (κ2) is 7.82. The summed E-state index contributed by atoms with van der Waals surface area (Å²) in [7, 11) is 3.04. The molecule has 0 spiro atoms. The van der Waals surface area contributed by atoms with Crippen LogP contribution in [0.25, 0.3) is 11.0 Å². The molecule has 2 aromatic carbocycles. The van der Waals surface area contributed by atoms with E-state index in [4.69, 9.17) is 24.0 Å². The molecule has 0 saturated carbocycles. The normalized spacial score (nSPS) is 10.5. The molecule has 0 fully saturated rings. The minimum absolute atomic E-state index is 0.0982. The Balaban J connectivity index is 1.99. The van der Waals surface area contributed by atoms with Crippen LogP contribution in [0.1, 0.15) is 17.3 Å². The number of amides is 1. The largest absolute Gasteiger partial charge is 0.497 e. The van der Waals surface area contributed by atoms with Crippen LogP contribution in [0.5, 0.6) is 17.2 Å². The Morgan fingerprint density at radius 3 is 2.63 bits per heavy atom. The number of ether oxygens (including phenoxy) is 3. The average molecular weight is 368 g/mol. The smallest absolute Gasteiger partial charge is 0.261 e. The first kappa shape index (κ1) is 18.3. The van der Waals surface area contributed by atoms with E-state index in [9.17, 15) is 4.79 Å². The maximum Gasteiger partial charge on any atom is 0.261 e. The highest BCUT2D eigenvalue weighted by atomic mass is 16.5. The first-order chi connectivity index (χ1) is 13.1. The van der Waals surface area contributed by atoms with E-state index in [1.807, 2.05) is 6.92 Å². The van der Waals surface area contributed by atoms with Gasteiger partial charge in [-0.05, 0) is 31.2 Å². The maximum absolute atomic E-state index is 12.7. The Hall–Kier alpha value is -3.48. The predicted molar refractivity (Wildman–Crippen MR) is 101 cm³/mol. The van der Waals surface area contributed by atoms with Crippen LogP contribution in [0, 0.1) is 5.41 Å². The molecule has 3 rings (SSSR count). The van der Waals surface area contributed by atoms with Crippen LogP contribution in [-0.4, -0.2) is 26.7 Å². The van der Waals surface area contributed by atoms with E-state index in [0.29, 0.717) is 40.5 Å². The molecule has 27 heavy (non-hydrogen) atoms. The van der Waals surface area contributed by atoms with Gasteiger partial charge in [0.15, 0.2) is 11.3 Å². The van der Waals surface area contributed by atoms with Crippen molar-refractivity contribution in [3.8, 4) is 17.2 Å². The van der Waals surface area contributed by atoms with Gasteiger partial charge in [-0.3, -0.25) is 10.2 Å². The van der Waals surface area contributed by atoms with Crippen molar-refractivity contribution >= 4 is 22.6 Å². The molecular weight excluding hydrogens is 348 g/mol. The van der Waals surface area contributed by atoms with Crippen LogP contribution in [0.15, 0.2) is 46.9 Å². The predicted octanol–water partition coefficient (Wildman–Crippen LogP) is 3.58. The fourth-order valence-electron chi connectivity index (χ4n) is 2.67. The molecule has 0 saturated heterocycles. The molecule has 1 heterocycles. The lowest BCUT2D eigenvalue weighted by Crippen LogP contribution is -2.21. The maximum atomic E-state index is 12.7. The number of carbonyl (C=O) groups is 1. The summed E-state index contributed by atoms with van der Waals surface area (Å²) in [6.45, 7) is 2.34. The summed E-state index contributed by atoms with van der Waals surface area (Å²) in [6, 6.07) is 12.0. The van der Waals surface area contributed by atoms with E-state index in [1.165, 1.54) is 14.2 Å². The van der Waals surface area contributed by atoms with Crippen molar-refractivity contribution < 1.29 is 23.4 Å². The Morgan fingerprint density at radius 2 is 1.93 bits per heavy atom. The van der Waals surface area contributed by atoms with Crippen LogP contribution < -0.4 is 25.1 Å². The standard InChI is InChI=1S/C20H20N2O5/c1-4-26-17-7-5-6-12-10-14(19(21)27-18(12)17)20(23)22-15-11-13(24-2)8-9-16(15)25-3/h5-11,21H,4H2,1-3H3,(H,22,23). The molecule has 0 radical (unpaired) electrons. The number of methoxy groups -OCH3 is 2. The van der Waals surface area contributed by atoms with Gasteiger partial charge in [-0.25, -0.2) is 0 Å². The third kappa shape index (κ3) is 3.72. The number of para-hydroxylation sites is 1. The minimum Gasteiger partial charge on any atom is -0.497 e. The second-order valence-corrected chi connectivity index (χ2v) is 5.62. The molecule has 2 N–H and O–H groups in total. The van der Waals surface area contributed by atoms with Crippen molar-refractivity contribution in [3.63, 3.8) is 0 Å².